The fourth-order valence-corrected chi connectivity index (χ4v) is 3.61. The number of benzene rings is 3. The number of amides is 1. The molecule has 0 unspecified atom stereocenters. The SMILES string of the molecule is C[C@H](C(=O)Nc1ccccc1-c1ccccc1)N1CCc2ccccc21. The van der Waals surface area contributed by atoms with Crippen LogP contribution >= 0.6 is 0 Å². The second kappa shape index (κ2) is 7.04. The molecule has 1 heterocycles. The van der Waals surface area contributed by atoms with E-state index in [1.807, 2.05) is 55.5 Å². The average molecular weight is 342 g/mol. The third kappa shape index (κ3) is 3.08. The maximum absolute atomic E-state index is 12.9. The number of hydrogen-bond donors (Lipinski definition) is 1. The minimum atomic E-state index is -0.220. The summed E-state index contributed by atoms with van der Waals surface area (Å²) in [6.07, 6.45) is 0.994. The number of hydrogen-bond acceptors (Lipinski definition) is 2. The highest BCUT2D eigenvalue weighted by atomic mass is 16.2. The fraction of sp³-hybridized carbons (Fsp3) is 0.174. The molecule has 3 aromatic rings. The Bertz CT molecular complexity index is 920. The van der Waals surface area contributed by atoms with E-state index in [1.54, 1.807) is 0 Å². The molecule has 26 heavy (non-hydrogen) atoms. The third-order valence-electron chi connectivity index (χ3n) is 5.04. The fourth-order valence-electron chi connectivity index (χ4n) is 3.61. The molecule has 4 rings (SSSR count). The number of nitrogens with one attached hydrogen (secondary N) is 1. The summed E-state index contributed by atoms with van der Waals surface area (Å²) < 4.78 is 0. The zero-order chi connectivity index (χ0) is 17.9. The molecule has 1 amide bonds. The summed E-state index contributed by atoms with van der Waals surface area (Å²) in [5.74, 6) is 0.0186. The normalized spacial score (nSPS) is 14.0. The van der Waals surface area contributed by atoms with Gasteiger partial charge in [-0.25, -0.2) is 0 Å². The van der Waals surface area contributed by atoms with Gasteiger partial charge in [-0.3, -0.25) is 4.79 Å². The number of anilines is 2. The lowest BCUT2D eigenvalue weighted by atomic mass is 10.0. The van der Waals surface area contributed by atoms with E-state index in [9.17, 15) is 4.79 Å². The van der Waals surface area contributed by atoms with E-state index in [0.717, 1.165) is 29.8 Å². The highest BCUT2D eigenvalue weighted by molar-refractivity contribution is 6.00. The van der Waals surface area contributed by atoms with Crippen LogP contribution in [0.4, 0.5) is 11.4 Å². The van der Waals surface area contributed by atoms with Gasteiger partial charge in [0.2, 0.25) is 5.91 Å². The maximum atomic E-state index is 12.9. The van der Waals surface area contributed by atoms with Crippen LogP contribution in [-0.4, -0.2) is 18.5 Å². The largest absolute Gasteiger partial charge is 0.359 e. The zero-order valence-corrected chi connectivity index (χ0v) is 14.9. The van der Waals surface area contributed by atoms with Crippen molar-refractivity contribution in [2.24, 2.45) is 0 Å². The Kier molecular flexibility index (Phi) is 4.44. The first kappa shape index (κ1) is 16.4. The Morgan fingerprint density at radius 2 is 1.62 bits per heavy atom. The summed E-state index contributed by atoms with van der Waals surface area (Å²) in [5, 5.41) is 3.14. The van der Waals surface area contributed by atoms with Gasteiger partial charge < -0.3 is 10.2 Å². The van der Waals surface area contributed by atoms with E-state index >= 15 is 0 Å². The topological polar surface area (TPSA) is 32.3 Å². The summed E-state index contributed by atoms with van der Waals surface area (Å²) in [6, 6.07) is 26.2. The zero-order valence-electron chi connectivity index (χ0n) is 14.9. The smallest absolute Gasteiger partial charge is 0.246 e. The van der Waals surface area contributed by atoms with Gasteiger partial charge in [-0.15, -0.1) is 0 Å². The number of rotatable bonds is 4. The van der Waals surface area contributed by atoms with E-state index in [2.05, 4.69) is 40.5 Å². The van der Waals surface area contributed by atoms with Crippen molar-refractivity contribution >= 4 is 17.3 Å². The lowest BCUT2D eigenvalue weighted by molar-refractivity contribution is -0.117. The molecule has 0 fully saturated rings. The molecule has 0 saturated heterocycles. The van der Waals surface area contributed by atoms with E-state index in [4.69, 9.17) is 0 Å². The predicted molar refractivity (Wildman–Crippen MR) is 107 cm³/mol. The van der Waals surface area contributed by atoms with Gasteiger partial charge in [-0.05, 0) is 36.6 Å². The van der Waals surface area contributed by atoms with E-state index in [1.165, 1.54) is 11.3 Å². The summed E-state index contributed by atoms with van der Waals surface area (Å²) in [5.41, 5.74) is 5.48. The molecule has 3 nitrogen and oxygen atoms in total. The molecule has 3 aromatic carbocycles. The van der Waals surface area contributed by atoms with Crippen LogP contribution in [-0.2, 0) is 11.2 Å². The summed E-state index contributed by atoms with van der Waals surface area (Å²) >= 11 is 0. The molecule has 1 N–H and O–H groups in total. The van der Waals surface area contributed by atoms with Crippen molar-refractivity contribution in [3.05, 3.63) is 84.4 Å². The Morgan fingerprint density at radius 3 is 2.46 bits per heavy atom. The molecular weight excluding hydrogens is 320 g/mol. The van der Waals surface area contributed by atoms with Crippen LogP contribution in [0.3, 0.4) is 0 Å². The van der Waals surface area contributed by atoms with Crippen LogP contribution in [0.2, 0.25) is 0 Å². The van der Waals surface area contributed by atoms with Gasteiger partial charge in [0.15, 0.2) is 0 Å². The quantitative estimate of drug-likeness (QED) is 0.742. The van der Waals surface area contributed by atoms with Crippen LogP contribution in [0.25, 0.3) is 11.1 Å². The Morgan fingerprint density at radius 1 is 0.923 bits per heavy atom. The molecule has 0 spiro atoms. The number of carbonyl (C=O) groups excluding carboxylic acids is 1. The molecule has 0 saturated carbocycles. The summed E-state index contributed by atoms with van der Waals surface area (Å²) in [6.45, 7) is 2.86. The van der Waals surface area contributed by atoms with Gasteiger partial charge in [-0.1, -0.05) is 66.7 Å². The molecule has 0 bridgehead atoms. The lowest BCUT2D eigenvalue weighted by Gasteiger charge is -2.26. The second-order valence-electron chi connectivity index (χ2n) is 6.65. The van der Waals surface area contributed by atoms with Crippen LogP contribution in [0, 0.1) is 0 Å². The second-order valence-corrected chi connectivity index (χ2v) is 6.65. The number of nitrogens with zero attached hydrogens (tertiary/aromatic N) is 1. The first-order valence-corrected chi connectivity index (χ1v) is 9.04. The minimum Gasteiger partial charge on any atom is -0.359 e. The number of carbonyl (C=O) groups is 1. The maximum Gasteiger partial charge on any atom is 0.246 e. The first-order chi connectivity index (χ1) is 12.7. The first-order valence-electron chi connectivity index (χ1n) is 9.04. The van der Waals surface area contributed by atoms with Crippen molar-refractivity contribution in [2.45, 2.75) is 19.4 Å². The van der Waals surface area contributed by atoms with Crippen LogP contribution in [0.1, 0.15) is 12.5 Å². The van der Waals surface area contributed by atoms with Gasteiger partial charge >= 0.3 is 0 Å². The minimum absolute atomic E-state index is 0.0186. The van der Waals surface area contributed by atoms with Gasteiger partial charge in [0, 0.05) is 23.5 Å². The van der Waals surface area contributed by atoms with E-state index in [-0.39, 0.29) is 11.9 Å². The molecule has 1 atom stereocenters. The number of fused-ring (bicyclic) bond motifs is 1. The molecule has 1 aliphatic rings. The molecule has 0 aliphatic carbocycles. The van der Waals surface area contributed by atoms with Crippen molar-refractivity contribution < 1.29 is 4.79 Å². The Balaban J connectivity index is 1.56. The van der Waals surface area contributed by atoms with Crippen LogP contribution in [0.5, 0.6) is 0 Å². The average Bonchev–Trinajstić information content (AvgIpc) is 3.12. The van der Waals surface area contributed by atoms with Crippen molar-refractivity contribution in [3.63, 3.8) is 0 Å². The van der Waals surface area contributed by atoms with Gasteiger partial charge in [0.05, 0.1) is 0 Å². The number of para-hydroxylation sites is 2. The van der Waals surface area contributed by atoms with Gasteiger partial charge in [0.25, 0.3) is 0 Å². The van der Waals surface area contributed by atoms with Crippen molar-refractivity contribution in [3.8, 4) is 11.1 Å². The highest BCUT2D eigenvalue weighted by Gasteiger charge is 2.27. The molecule has 0 radical (unpaired) electrons. The summed E-state index contributed by atoms with van der Waals surface area (Å²) in [4.78, 5) is 15.1. The molecular formula is C23H22N2O. The van der Waals surface area contributed by atoms with Crippen molar-refractivity contribution in [2.75, 3.05) is 16.8 Å². The van der Waals surface area contributed by atoms with Crippen LogP contribution < -0.4 is 10.2 Å². The highest BCUT2D eigenvalue weighted by Crippen LogP contribution is 2.31. The third-order valence-corrected chi connectivity index (χ3v) is 5.04. The molecule has 0 aromatic heterocycles. The predicted octanol–water partition coefficient (Wildman–Crippen LogP) is 4.74. The van der Waals surface area contributed by atoms with E-state index < -0.39 is 0 Å². The van der Waals surface area contributed by atoms with Crippen LogP contribution in [0.15, 0.2) is 78.9 Å². The van der Waals surface area contributed by atoms with Crippen molar-refractivity contribution in [1.29, 1.82) is 0 Å². The molecule has 130 valence electrons. The monoisotopic (exact) mass is 342 g/mol. The van der Waals surface area contributed by atoms with E-state index in [0.29, 0.717) is 0 Å². The van der Waals surface area contributed by atoms with Gasteiger partial charge in [0.1, 0.15) is 6.04 Å². The molecule has 1 aliphatic heterocycles. The van der Waals surface area contributed by atoms with Crippen molar-refractivity contribution in [1.82, 2.24) is 0 Å². The Labute approximate surface area is 154 Å². The standard InChI is InChI=1S/C23H22N2O/c1-17(25-16-15-19-11-5-8-14-22(19)25)23(26)24-21-13-7-6-12-20(21)18-9-3-2-4-10-18/h2-14,17H,15-16H2,1H3,(H,24,26)/t17-/m1/s1. The Hall–Kier alpha value is -3.07. The lowest BCUT2D eigenvalue weighted by Crippen LogP contribution is -2.41. The van der Waals surface area contributed by atoms with Gasteiger partial charge in [-0.2, -0.15) is 0 Å². The molecule has 3 heteroatoms. The summed E-state index contributed by atoms with van der Waals surface area (Å²) in [7, 11) is 0.